The summed E-state index contributed by atoms with van der Waals surface area (Å²) in [7, 11) is 0. The highest BCUT2D eigenvalue weighted by Gasteiger charge is 2.23. The third-order valence-corrected chi connectivity index (χ3v) is 7.41. The number of benzene rings is 2. The average Bonchev–Trinajstić information content (AvgIpc) is 3.24. The van der Waals surface area contributed by atoms with Crippen LogP contribution in [0.3, 0.4) is 0 Å². The van der Waals surface area contributed by atoms with Crippen molar-refractivity contribution in [3.8, 4) is 0 Å². The van der Waals surface area contributed by atoms with E-state index in [0.717, 1.165) is 58.7 Å². The van der Waals surface area contributed by atoms with Crippen molar-refractivity contribution in [2.45, 2.75) is 18.7 Å². The van der Waals surface area contributed by atoms with Gasteiger partial charge in [0.05, 0.1) is 23.4 Å². The molecule has 5 nitrogen and oxygen atoms in total. The van der Waals surface area contributed by atoms with E-state index < -0.39 is 0 Å². The van der Waals surface area contributed by atoms with Crippen LogP contribution in [0.2, 0.25) is 0 Å². The maximum Gasteiger partial charge on any atom is 0.260 e. The van der Waals surface area contributed by atoms with E-state index in [0.29, 0.717) is 12.1 Å². The Morgan fingerprint density at radius 3 is 2.70 bits per heavy atom. The second-order valence-electron chi connectivity index (χ2n) is 7.52. The Labute approximate surface area is 186 Å². The first-order chi connectivity index (χ1) is 14.6. The molecule has 0 bridgehead atoms. The van der Waals surface area contributed by atoms with Gasteiger partial charge in [-0.15, -0.1) is 11.8 Å². The molecule has 0 unspecified atom stereocenters. The zero-order chi connectivity index (χ0) is 21.1. The first kappa shape index (κ1) is 21.3. The summed E-state index contributed by atoms with van der Waals surface area (Å²) in [5, 5.41) is 0.773. The summed E-state index contributed by atoms with van der Waals surface area (Å²) < 4.78 is 6.62. The number of hydrogen-bond donors (Lipinski definition) is 0. The number of anilines is 1. The Hall–Kier alpha value is -1.93. The molecule has 0 spiro atoms. The Kier molecular flexibility index (Phi) is 6.73. The van der Waals surface area contributed by atoms with E-state index >= 15 is 0 Å². The van der Waals surface area contributed by atoms with Crippen LogP contribution in [0.5, 0.6) is 0 Å². The van der Waals surface area contributed by atoms with E-state index in [9.17, 15) is 4.79 Å². The molecule has 1 fully saturated rings. The van der Waals surface area contributed by atoms with Gasteiger partial charge in [-0.3, -0.25) is 14.6 Å². The van der Waals surface area contributed by atoms with Crippen molar-refractivity contribution in [2.75, 3.05) is 50.5 Å². The summed E-state index contributed by atoms with van der Waals surface area (Å²) in [6, 6.07) is 12.1. The predicted octanol–water partition coefficient (Wildman–Crippen LogP) is 4.61. The van der Waals surface area contributed by atoms with Crippen LogP contribution >= 0.6 is 23.1 Å². The number of carbonyl (C=O) groups is 1. The zero-order valence-electron chi connectivity index (χ0n) is 17.7. The lowest BCUT2D eigenvalue weighted by Crippen LogP contribution is -2.43. The van der Waals surface area contributed by atoms with Crippen molar-refractivity contribution in [3.63, 3.8) is 0 Å². The Morgan fingerprint density at radius 1 is 1.20 bits per heavy atom. The molecule has 0 saturated carbocycles. The first-order valence-electron chi connectivity index (χ1n) is 10.2. The second-order valence-corrected chi connectivity index (χ2v) is 9.37. The smallest absolute Gasteiger partial charge is 0.260 e. The minimum atomic E-state index is 0.00789. The molecule has 1 saturated heterocycles. The topological polar surface area (TPSA) is 45.7 Å². The number of amides is 1. The Morgan fingerprint density at radius 2 is 1.97 bits per heavy atom. The number of morpholine rings is 1. The van der Waals surface area contributed by atoms with Gasteiger partial charge in [-0.05, 0) is 49.4 Å². The predicted molar refractivity (Wildman–Crippen MR) is 126 cm³/mol. The number of ether oxygens (including phenoxy) is 1. The number of thioether (sulfide) groups is 1. The maximum absolute atomic E-state index is 13.6. The highest BCUT2D eigenvalue weighted by molar-refractivity contribution is 7.98. The van der Waals surface area contributed by atoms with Gasteiger partial charge in [0.15, 0.2) is 5.13 Å². The maximum atomic E-state index is 13.6. The van der Waals surface area contributed by atoms with Crippen LogP contribution in [0.15, 0.2) is 41.3 Å². The molecule has 0 atom stereocenters. The van der Waals surface area contributed by atoms with Crippen molar-refractivity contribution < 1.29 is 9.53 Å². The third-order valence-electron chi connectivity index (χ3n) is 5.47. The van der Waals surface area contributed by atoms with E-state index in [1.165, 1.54) is 5.56 Å². The molecular formula is C23H27N3O2S2. The van der Waals surface area contributed by atoms with Crippen molar-refractivity contribution in [1.82, 2.24) is 9.88 Å². The molecule has 2 heterocycles. The standard InChI is InChI=1S/C23H27N3O2S2/c1-16-7-8-17(2)21-20(16)24-23(30-21)26(10-9-25-11-13-28-14-12-25)22(27)18-5-4-6-19(15-18)29-3/h4-8,15H,9-14H2,1-3H3. The van der Waals surface area contributed by atoms with Gasteiger partial charge in [-0.1, -0.05) is 29.5 Å². The van der Waals surface area contributed by atoms with Gasteiger partial charge in [0.1, 0.15) is 0 Å². The molecule has 2 aromatic carbocycles. The van der Waals surface area contributed by atoms with Crippen molar-refractivity contribution in [2.24, 2.45) is 0 Å². The summed E-state index contributed by atoms with van der Waals surface area (Å²) in [5.74, 6) is 0.00789. The minimum absolute atomic E-state index is 0.00789. The van der Waals surface area contributed by atoms with Crippen LogP contribution < -0.4 is 4.90 Å². The molecule has 0 N–H and O–H groups in total. The normalized spacial score (nSPS) is 14.9. The fraction of sp³-hybridized carbons (Fsp3) is 0.391. The van der Waals surface area contributed by atoms with Crippen LogP contribution in [0, 0.1) is 13.8 Å². The molecule has 0 radical (unpaired) electrons. The fourth-order valence-corrected chi connectivity index (χ4v) is 5.22. The van der Waals surface area contributed by atoms with Gasteiger partial charge in [-0.2, -0.15) is 0 Å². The largest absolute Gasteiger partial charge is 0.379 e. The number of fused-ring (bicyclic) bond motifs is 1. The number of aryl methyl sites for hydroxylation is 2. The molecule has 1 aliphatic heterocycles. The van der Waals surface area contributed by atoms with Gasteiger partial charge in [0.25, 0.3) is 5.91 Å². The lowest BCUT2D eigenvalue weighted by Gasteiger charge is -2.29. The SMILES string of the molecule is CSc1cccc(C(=O)N(CCN2CCOCC2)c2nc3c(C)ccc(C)c3s2)c1. The van der Waals surface area contributed by atoms with E-state index in [1.807, 2.05) is 35.4 Å². The number of hydrogen-bond acceptors (Lipinski definition) is 6. The lowest BCUT2D eigenvalue weighted by molar-refractivity contribution is 0.0391. The molecule has 3 aromatic rings. The molecule has 0 aliphatic carbocycles. The summed E-state index contributed by atoms with van der Waals surface area (Å²) in [5.41, 5.74) is 4.04. The molecule has 7 heteroatoms. The second kappa shape index (κ2) is 9.47. The van der Waals surface area contributed by atoms with E-state index in [-0.39, 0.29) is 5.91 Å². The fourth-order valence-electron chi connectivity index (χ4n) is 3.63. The van der Waals surface area contributed by atoms with E-state index in [2.05, 4.69) is 30.9 Å². The van der Waals surface area contributed by atoms with Crippen LogP contribution in [0.4, 0.5) is 5.13 Å². The summed E-state index contributed by atoms with van der Waals surface area (Å²) in [4.78, 5) is 23.8. The third kappa shape index (κ3) is 4.54. The molecule has 30 heavy (non-hydrogen) atoms. The summed E-state index contributed by atoms with van der Waals surface area (Å²) >= 11 is 3.26. The lowest BCUT2D eigenvalue weighted by atomic mass is 10.1. The molecule has 1 amide bonds. The molecule has 1 aromatic heterocycles. The number of aromatic nitrogens is 1. The van der Waals surface area contributed by atoms with Crippen LogP contribution in [0.25, 0.3) is 10.2 Å². The van der Waals surface area contributed by atoms with Crippen molar-refractivity contribution in [1.29, 1.82) is 0 Å². The summed E-state index contributed by atoms with van der Waals surface area (Å²) in [6.07, 6.45) is 2.03. The minimum Gasteiger partial charge on any atom is -0.379 e. The highest BCUT2D eigenvalue weighted by atomic mass is 32.2. The van der Waals surface area contributed by atoms with Gasteiger partial charge in [0.2, 0.25) is 0 Å². The number of thiazole rings is 1. The highest BCUT2D eigenvalue weighted by Crippen LogP contribution is 2.34. The van der Waals surface area contributed by atoms with Crippen LogP contribution in [-0.2, 0) is 4.74 Å². The van der Waals surface area contributed by atoms with Gasteiger partial charge < -0.3 is 4.74 Å². The van der Waals surface area contributed by atoms with E-state index in [1.54, 1.807) is 23.1 Å². The van der Waals surface area contributed by atoms with Gasteiger partial charge in [-0.25, -0.2) is 4.98 Å². The number of nitrogens with zero attached hydrogens (tertiary/aromatic N) is 3. The quantitative estimate of drug-likeness (QED) is 0.523. The Balaban J connectivity index is 1.68. The van der Waals surface area contributed by atoms with Crippen molar-refractivity contribution >= 4 is 44.4 Å². The van der Waals surface area contributed by atoms with Crippen LogP contribution in [-0.4, -0.2) is 61.4 Å². The number of carbonyl (C=O) groups excluding carboxylic acids is 1. The molecule has 1 aliphatic rings. The Bertz CT molecular complexity index is 1010. The average molecular weight is 442 g/mol. The first-order valence-corrected chi connectivity index (χ1v) is 12.2. The van der Waals surface area contributed by atoms with Gasteiger partial charge in [0, 0.05) is 36.6 Å². The summed E-state index contributed by atoms with van der Waals surface area (Å²) in [6.45, 7) is 8.92. The monoisotopic (exact) mass is 441 g/mol. The number of rotatable bonds is 6. The molecule has 4 rings (SSSR count). The van der Waals surface area contributed by atoms with Gasteiger partial charge >= 0.3 is 0 Å². The molecular weight excluding hydrogens is 414 g/mol. The van der Waals surface area contributed by atoms with E-state index in [4.69, 9.17) is 9.72 Å². The zero-order valence-corrected chi connectivity index (χ0v) is 19.3. The van der Waals surface area contributed by atoms with Crippen molar-refractivity contribution in [3.05, 3.63) is 53.1 Å². The van der Waals surface area contributed by atoms with Crippen LogP contribution in [0.1, 0.15) is 21.5 Å². The molecule has 158 valence electrons.